The van der Waals surface area contributed by atoms with E-state index in [1.807, 2.05) is 56.3 Å². The summed E-state index contributed by atoms with van der Waals surface area (Å²) in [6.07, 6.45) is 0. The first kappa shape index (κ1) is 18.5. The van der Waals surface area contributed by atoms with Crippen LogP contribution in [0.4, 0.5) is 10.5 Å². The highest BCUT2D eigenvalue weighted by Crippen LogP contribution is 2.30. The lowest BCUT2D eigenvalue weighted by atomic mass is 9.94. The van der Waals surface area contributed by atoms with Gasteiger partial charge in [0.2, 0.25) is 0 Å². The number of anilines is 1. The summed E-state index contributed by atoms with van der Waals surface area (Å²) in [5, 5.41) is 8.50. The highest BCUT2D eigenvalue weighted by atomic mass is 16.5. The molecule has 3 N–H and O–H groups in total. The van der Waals surface area contributed by atoms with Gasteiger partial charge in [-0.2, -0.15) is 0 Å². The molecule has 0 aliphatic carbocycles. The number of hydrogen-bond acceptors (Lipinski definition) is 3. The Morgan fingerprint density at radius 1 is 1.11 bits per heavy atom. The lowest BCUT2D eigenvalue weighted by Gasteiger charge is -2.29. The third-order valence-electron chi connectivity index (χ3n) is 4.79. The molecule has 2 aromatic carbocycles. The fraction of sp³-hybridized carbons (Fsp3) is 0.238. The fourth-order valence-electron chi connectivity index (χ4n) is 3.14. The molecule has 3 rings (SSSR count). The molecule has 0 fully saturated rings. The largest absolute Gasteiger partial charge is 0.497 e. The van der Waals surface area contributed by atoms with Crippen LogP contribution in [0.15, 0.2) is 53.7 Å². The summed E-state index contributed by atoms with van der Waals surface area (Å²) in [5.74, 6) is 0.397. The topological polar surface area (TPSA) is 79.5 Å². The van der Waals surface area contributed by atoms with Gasteiger partial charge in [-0.15, -0.1) is 0 Å². The van der Waals surface area contributed by atoms with E-state index >= 15 is 0 Å². The first-order chi connectivity index (χ1) is 12.9. The Morgan fingerprint density at radius 2 is 1.85 bits per heavy atom. The van der Waals surface area contributed by atoms with Gasteiger partial charge in [0.05, 0.1) is 18.7 Å². The number of carbonyl (C=O) groups is 2. The number of nitrogens with one attached hydrogen (secondary N) is 3. The molecule has 3 amide bonds. The van der Waals surface area contributed by atoms with Crippen LogP contribution in [0.2, 0.25) is 0 Å². The van der Waals surface area contributed by atoms with E-state index in [0.29, 0.717) is 17.0 Å². The molecular weight excluding hydrogens is 342 g/mol. The van der Waals surface area contributed by atoms with Gasteiger partial charge in [0.1, 0.15) is 5.75 Å². The SMILES string of the molecule is COc1cccc([C@@H]2NC(=O)NC(C)=C2C(=O)Nc2cccc(C)c2C)c1. The first-order valence-electron chi connectivity index (χ1n) is 8.70. The maximum absolute atomic E-state index is 13.1. The van der Waals surface area contributed by atoms with Crippen LogP contribution in [0.25, 0.3) is 0 Å². The van der Waals surface area contributed by atoms with E-state index in [1.54, 1.807) is 14.0 Å². The summed E-state index contributed by atoms with van der Waals surface area (Å²) < 4.78 is 5.27. The quantitative estimate of drug-likeness (QED) is 0.775. The zero-order valence-corrected chi connectivity index (χ0v) is 15.8. The number of methoxy groups -OCH3 is 1. The second-order valence-electron chi connectivity index (χ2n) is 6.55. The molecule has 1 aliphatic rings. The van der Waals surface area contributed by atoms with Crippen LogP contribution < -0.4 is 20.7 Å². The van der Waals surface area contributed by atoms with Crippen LogP contribution in [0.3, 0.4) is 0 Å². The van der Waals surface area contributed by atoms with Gasteiger partial charge in [0.15, 0.2) is 0 Å². The minimum Gasteiger partial charge on any atom is -0.497 e. The lowest BCUT2D eigenvalue weighted by Crippen LogP contribution is -2.46. The molecule has 0 bridgehead atoms. The molecule has 0 aromatic heterocycles. The van der Waals surface area contributed by atoms with Crippen LogP contribution in [0.1, 0.15) is 29.7 Å². The average molecular weight is 365 g/mol. The molecule has 6 nitrogen and oxygen atoms in total. The van der Waals surface area contributed by atoms with Crippen molar-refractivity contribution in [3.63, 3.8) is 0 Å². The van der Waals surface area contributed by atoms with Gasteiger partial charge in [0, 0.05) is 11.4 Å². The van der Waals surface area contributed by atoms with Crippen LogP contribution in [0, 0.1) is 13.8 Å². The van der Waals surface area contributed by atoms with Crippen LogP contribution in [0.5, 0.6) is 5.75 Å². The number of carbonyl (C=O) groups excluding carboxylic acids is 2. The predicted octanol–water partition coefficient (Wildman–Crippen LogP) is 3.58. The minimum absolute atomic E-state index is 0.262. The number of allylic oxidation sites excluding steroid dienone is 1. The molecular formula is C21H23N3O3. The van der Waals surface area contributed by atoms with Gasteiger partial charge in [-0.3, -0.25) is 4.79 Å². The zero-order valence-electron chi connectivity index (χ0n) is 15.8. The minimum atomic E-state index is -0.570. The fourth-order valence-corrected chi connectivity index (χ4v) is 3.14. The monoisotopic (exact) mass is 365 g/mol. The smallest absolute Gasteiger partial charge is 0.319 e. The van der Waals surface area contributed by atoms with Crippen molar-refractivity contribution in [2.75, 3.05) is 12.4 Å². The normalized spacial score (nSPS) is 16.4. The molecule has 6 heteroatoms. The zero-order chi connectivity index (χ0) is 19.6. The molecule has 0 unspecified atom stereocenters. The molecule has 0 spiro atoms. The van der Waals surface area contributed by atoms with Gasteiger partial charge in [-0.05, 0) is 55.7 Å². The van der Waals surface area contributed by atoms with Crippen molar-refractivity contribution in [3.05, 3.63) is 70.4 Å². The Balaban J connectivity index is 1.98. The second-order valence-corrected chi connectivity index (χ2v) is 6.55. The van der Waals surface area contributed by atoms with Crippen molar-refractivity contribution >= 4 is 17.6 Å². The molecule has 2 aromatic rings. The molecule has 27 heavy (non-hydrogen) atoms. The van der Waals surface area contributed by atoms with Crippen molar-refractivity contribution in [2.45, 2.75) is 26.8 Å². The Morgan fingerprint density at radius 3 is 2.59 bits per heavy atom. The third-order valence-corrected chi connectivity index (χ3v) is 4.79. The Hall–Kier alpha value is -3.28. The maximum Gasteiger partial charge on any atom is 0.319 e. The summed E-state index contributed by atoms with van der Waals surface area (Å²) in [4.78, 5) is 25.1. The predicted molar refractivity (Wildman–Crippen MR) is 105 cm³/mol. The third kappa shape index (κ3) is 3.79. The number of ether oxygens (including phenoxy) is 1. The summed E-state index contributed by atoms with van der Waals surface area (Å²) in [5.41, 5.74) is 4.61. The number of amides is 3. The van der Waals surface area contributed by atoms with E-state index in [-0.39, 0.29) is 11.9 Å². The molecule has 1 heterocycles. The van der Waals surface area contributed by atoms with Crippen LogP contribution in [-0.4, -0.2) is 19.0 Å². The number of hydrogen-bond donors (Lipinski definition) is 3. The second kappa shape index (κ2) is 7.53. The van der Waals surface area contributed by atoms with E-state index in [4.69, 9.17) is 4.74 Å². The average Bonchev–Trinajstić information content (AvgIpc) is 2.64. The van der Waals surface area contributed by atoms with Gasteiger partial charge in [-0.1, -0.05) is 24.3 Å². The van der Waals surface area contributed by atoms with E-state index < -0.39 is 6.04 Å². The molecule has 1 atom stereocenters. The molecule has 0 saturated carbocycles. The summed E-state index contributed by atoms with van der Waals surface area (Å²) in [6.45, 7) is 5.69. The van der Waals surface area contributed by atoms with Crippen molar-refractivity contribution < 1.29 is 14.3 Å². The summed E-state index contributed by atoms with van der Waals surface area (Å²) in [7, 11) is 1.58. The first-order valence-corrected chi connectivity index (χ1v) is 8.70. The van der Waals surface area contributed by atoms with Gasteiger partial charge in [0.25, 0.3) is 5.91 Å². The maximum atomic E-state index is 13.1. The Bertz CT molecular complexity index is 934. The summed E-state index contributed by atoms with van der Waals surface area (Å²) >= 11 is 0. The number of aryl methyl sites for hydroxylation is 1. The Kier molecular flexibility index (Phi) is 5.16. The van der Waals surface area contributed by atoms with Crippen molar-refractivity contribution in [1.82, 2.24) is 10.6 Å². The number of benzene rings is 2. The van der Waals surface area contributed by atoms with E-state index in [1.165, 1.54) is 0 Å². The highest BCUT2D eigenvalue weighted by Gasteiger charge is 2.31. The molecule has 140 valence electrons. The van der Waals surface area contributed by atoms with Crippen molar-refractivity contribution in [2.24, 2.45) is 0 Å². The van der Waals surface area contributed by atoms with E-state index in [0.717, 1.165) is 22.4 Å². The highest BCUT2D eigenvalue weighted by molar-refractivity contribution is 6.07. The van der Waals surface area contributed by atoms with Crippen LogP contribution in [-0.2, 0) is 4.79 Å². The number of urea groups is 1. The standard InChI is InChI=1S/C21H23N3O3/c1-12-7-5-10-17(13(12)2)23-20(25)18-14(3)22-21(26)24-19(18)15-8-6-9-16(11-15)27-4/h5-11,19H,1-4H3,(H,23,25)(H2,22,24,26)/t19-/m0/s1. The molecule has 0 saturated heterocycles. The van der Waals surface area contributed by atoms with Gasteiger partial charge < -0.3 is 20.7 Å². The molecule has 0 radical (unpaired) electrons. The van der Waals surface area contributed by atoms with Crippen molar-refractivity contribution in [1.29, 1.82) is 0 Å². The van der Waals surface area contributed by atoms with Crippen molar-refractivity contribution in [3.8, 4) is 5.75 Å². The lowest BCUT2D eigenvalue weighted by molar-refractivity contribution is -0.113. The van der Waals surface area contributed by atoms with E-state index in [9.17, 15) is 9.59 Å². The molecule has 1 aliphatic heterocycles. The Labute approximate surface area is 158 Å². The van der Waals surface area contributed by atoms with Gasteiger partial charge >= 0.3 is 6.03 Å². The van der Waals surface area contributed by atoms with E-state index in [2.05, 4.69) is 16.0 Å². The van der Waals surface area contributed by atoms with Crippen LogP contribution >= 0.6 is 0 Å². The summed E-state index contributed by atoms with van der Waals surface area (Å²) in [6, 6.07) is 12.2. The number of rotatable bonds is 4. The van der Waals surface area contributed by atoms with Gasteiger partial charge in [-0.25, -0.2) is 4.79 Å².